The number of carboxylic acids is 1. The van der Waals surface area contributed by atoms with Gasteiger partial charge in [0.05, 0.1) is 28.8 Å². The standard InChI is InChI=1S/C25H29N7O5/c1-14-11-28-19(12-27-14)22(34)29-13-20(24(36)37)32-23(35)21-15(2)30-25(31-16(21)3)26-9-5-7-17-6-4-8-18(33)10-17/h4,6,8,10-12,20,33H,5,7,9,13H2,1-3H3,(H,29,34)(H,32,35)(H,36,37)(H,26,30,31). The normalized spacial score (nSPS) is 11.4. The van der Waals surface area contributed by atoms with Crippen LogP contribution in [-0.4, -0.2) is 67.1 Å². The monoisotopic (exact) mass is 507 g/mol. The third-order valence-corrected chi connectivity index (χ3v) is 5.42. The van der Waals surface area contributed by atoms with Crippen LogP contribution in [0.5, 0.6) is 5.75 Å². The van der Waals surface area contributed by atoms with E-state index in [2.05, 4.69) is 35.9 Å². The summed E-state index contributed by atoms with van der Waals surface area (Å²) < 4.78 is 0. The van der Waals surface area contributed by atoms with Crippen molar-refractivity contribution in [1.82, 2.24) is 30.6 Å². The maximum absolute atomic E-state index is 12.9. The molecule has 12 nitrogen and oxygen atoms in total. The molecule has 12 heteroatoms. The van der Waals surface area contributed by atoms with E-state index < -0.39 is 23.8 Å². The zero-order valence-corrected chi connectivity index (χ0v) is 20.8. The Morgan fingerprint density at radius 1 is 1.00 bits per heavy atom. The van der Waals surface area contributed by atoms with Crippen molar-refractivity contribution in [2.24, 2.45) is 0 Å². The summed E-state index contributed by atoms with van der Waals surface area (Å²) in [4.78, 5) is 53.4. The SMILES string of the molecule is Cc1cnc(C(=O)NCC(NC(=O)c2c(C)nc(NCCCc3cccc(O)c3)nc2C)C(=O)O)cn1. The summed E-state index contributed by atoms with van der Waals surface area (Å²) in [6.45, 7) is 5.21. The number of aromatic nitrogens is 4. The number of amides is 2. The quantitative estimate of drug-likeness (QED) is 0.239. The van der Waals surface area contributed by atoms with Crippen LogP contribution in [-0.2, 0) is 11.2 Å². The van der Waals surface area contributed by atoms with E-state index in [1.165, 1.54) is 12.4 Å². The molecule has 1 unspecified atom stereocenters. The van der Waals surface area contributed by atoms with Gasteiger partial charge in [-0.25, -0.2) is 19.7 Å². The first kappa shape index (κ1) is 27.0. The van der Waals surface area contributed by atoms with Gasteiger partial charge in [-0.2, -0.15) is 0 Å². The van der Waals surface area contributed by atoms with E-state index in [4.69, 9.17) is 0 Å². The number of carboxylic acid groups (broad SMARTS) is 1. The Morgan fingerprint density at radius 3 is 2.35 bits per heavy atom. The molecule has 1 aromatic carbocycles. The van der Waals surface area contributed by atoms with Crippen molar-refractivity contribution in [3.8, 4) is 5.75 Å². The second-order valence-electron chi connectivity index (χ2n) is 8.41. The highest BCUT2D eigenvalue weighted by Crippen LogP contribution is 2.15. The van der Waals surface area contributed by atoms with Crippen molar-refractivity contribution in [3.05, 3.63) is 70.6 Å². The Morgan fingerprint density at radius 2 is 1.73 bits per heavy atom. The first-order chi connectivity index (χ1) is 17.6. The molecule has 37 heavy (non-hydrogen) atoms. The summed E-state index contributed by atoms with van der Waals surface area (Å²) in [6.07, 6.45) is 4.23. The largest absolute Gasteiger partial charge is 0.508 e. The van der Waals surface area contributed by atoms with Crippen LogP contribution in [0, 0.1) is 20.8 Å². The predicted octanol–water partition coefficient (Wildman–Crippen LogP) is 1.56. The Kier molecular flexibility index (Phi) is 9.03. The smallest absolute Gasteiger partial charge is 0.328 e. The first-order valence-corrected chi connectivity index (χ1v) is 11.6. The Hall–Kier alpha value is -4.61. The number of phenols is 1. The molecule has 0 radical (unpaired) electrons. The molecule has 0 aliphatic heterocycles. The second-order valence-corrected chi connectivity index (χ2v) is 8.41. The lowest BCUT2D eigenvalue weighted by Gasteiger charge is -2.17. The topological polar surface area (TPSA) is 179 Å². The van der Waals surface area contributed by atoms with E-state index in [0.29, 0.717) is 29.6 Å². The van der Waals surface area contributed by atoms with Gasteiger partial charge in [-0.3, -0.25) is 14.6 Å². The number of phenolic OH excluding ortho intramolecular Hbond substituents is 1. The van der Waals surface area contributed by atoms with Gasteiger partial charge in [0, 0.05) is 19.3 Å². The molecule has 0 spiro atoms. The number of carbonyl (C=O) groups excluding carboxylic acids is 2. The van der Waals surface area contributed by atoms with Gasteiger partial charge in [-0.15, -0.1) is 0 Å². The third kappa shape index (κ3) is 7.69. The number of nitrogens with zero attached hydrogens (tertiary/aromatic N) is 4. The fourth-order valence-electron chi connectivity index (χ4n) is 3.55. The molecule has 0 saturated carbocycles. The number of hydrogen-bond acceptors (Lipinski definition) is 9. The first-order valence-electron chi connectivity index (χ1n) is 11.6. The molecule has 194 valence electrons. The molecule has 3 rings (SSSR count). The van der Waals surface area contributed by atoms with Crippen LogP contribution >= 0.6 is 0 Å². The number of benzene rings is 1. The molecule has 1 atom stereocenters. The molecule has 0 saturated heterocycles. The van der Waals surface area contributed by atoms with Gasteiger partial charge in [-0.05, 0) is 51.3 Å². The van der Waals surface area contributed by atoms with Gasteiger partial charge in [-0.1, -0.05) is 12.1 Å². The number of aromatic hydroxyl groups is 1. The van der Waals surface area contributed by atoms with Crippen molar-refractivity contribution in [2.75, 3.05) is 18.4 Å². The Balaban J connectivity index is 1.57. The van der Waals surface area contributed by atoms with Crippen molar-refractivity contribution in [2.45, 2.75) is 39.7 Å². The fourth-order valence-corrected chi connectivity index (χ4v) is 3.55. The average molecular weight is 508 g/mol. The molecule has 2 heterocycles. The summed E-state index contributed by atoms with van der Waals surface area (Å²) in [7, 11) is 0. The number of nitrogens with one attached hydrogen (secondary N) is 3. The van der Waals surface area contributed by atoms with E-state index in [-0.39, 0.29) is 23.6 Å². The van der Waals surface area contributed by atoms with Gasteiger partial charge in [0.25, 0.3) is 11.8 Å². The Labute approximate surface area is 213 Å². The zero-order valence-electron chi connectivity index (χ0n) is 20.8. The Bertz CT molecular complexity index is 1260. The number of aryl methyl sites for hydroxylation is 4. The fraction of sp³-hybridized carbons (Fsp3) is 0.320. The van der Waals surface area contributed by atoms with Crippen LogP contribution in [0.3, 0.4) is 0 Å². The molecule has 2 amide bonds. The zero-order chi connectivity index (χ0) is 26.9. The van der Waals surface area contributed by atoms with Crippen LogP contribution in [0.4, 0.5) is 5.95 Å². The van der Waals surface area contributed by atoms with Gasteiger partial charge < -0.3 is 26.2 Å². The number of rotatable bonds is 11. The van der Waals surface area contributed by atoms with Crippen molar-refractivity contribution < 1.29 is 24.6 Å². The van der Waals surface area contributed by atoms with Crippen LogP contribution in [0.15, 0.2) is 36.7 Å². The number of carbonyl (C=O) groups is 3. The number of aliphatic carboxylic acids is 1. The van der Waals surface area contributed by atoms with Gasteiger partial charge in [0.15, 0.2) is 0 Å². The lowest BCUT2D eigenvalue weighted by Crippen LogP contribution is -2.48. The summed E-state index contributed by atoms with van der Waals surface area (Å²) in [5.74, 6) is -2.01. The van der Waals surface area contributed by atoms with E-state index in [0.717, 1.165) is 18.4 Å². The summed E-state index contributed by atoms with van der Waals surface area (Å²) in [6, 6.07) is 5.67. The predicted molar refractivity (Wildman–Crippen MR) is 134 cm³/mol. The van der Waals surface area contributed by atoms with E-state index in [1.807, 2.05) is 6.07 Å². The molecule has 0 bridgehead atoms. The molecule has 0 aliphatic carbocycles. The molecular weight excluding hydrogens is 478 g/mol. The van der Waals surface area contributed by atoms with E-state index in [9.17, 15) is 24.6 Å². The summed E-state index contributed by atoms with van der Waals surface area (Å²) >= 11 is 0. The van der Waals surface area contributed by atoms with Crippen LogP contribution in [0.2, 0.25) is 0 Å². The van der Waals surface area contributed by atoms with Crippen molar-refractivity contribution in [1.29, 1.82) is 0 Å². The van der Waals surface area contributed by atoms with Gasteiger partial charge >= 0.3 is 5.97 Å². The van der Waals surface area contributed by atoms with Crippen molar-refractivity contribution in [3.63, 3.8) is 0 Å². The highest BCUT2D eigenvalue weighted by molar-refractivity contribution is 5.99. The van der Waals surface area contributed by atoms with Gasteiger partial charge in [0.2, 0.25) is 5.95 Å². The minimum atomic E-state index is -1.39. The van der Waals surface area contributed by atoms with Crippen LogP contribution in [0.25, 0.3) is 0 Å². The lowest BCUT2D eigenvalue weighted by atomic mass is 10.1. The molecule has 5 N–H and O–H groups in total. The van der Waals surface area contributed by atoms with E-state index >= 15 is 0 Å². The highest BCUT2D eigenvalue weighted by atomic mass is 16.4. The third-order valence-electron chi connectivity index (χ3n) is 5.42. The maximum atomic E-state index is 12.9. The number of hydrogen-bond donors (Lipinski definition) is 5. The summed E-state index contributed by atoms with van der Waals surface area (Å²) in [5.41, 5.74) is 2.60. The minimum Gasteiger partial charge on any atom is -0.508 e. The highest BCUT2D eigenvalue weighted by Gasteiger charge is 2.25. The number of anilines is 1. The molecular formula is C25H29N7O5. The second kappa shape index (κ2) is 12.4. The van der Waals surface area contributed by atoms with Crippen LogP contribution < -0.4 is 16.0 Å². The minimum absolute atomic E-state index is 0.0335. The molecule has 0 aliphatic rings. The molecule has 2 aromatic heterocycles. The molecule has 3 aromatic rings. The van der Waals surface area contributed by atoms with E-state index in [1.54, 1.807) is 39.0 Å². The van der Waals surface area contributed by atoms with Crippen molar-refractivity contribution >= 4 is 23.7 Å². The molecule has 0 fully saturated rings. The lowest BCUT2D eigenvalue weighted by molar-refractivity contribution is -0.139. The maximum Gasteiger partial charge on any atom is 0.328 e. The van der Waals surface area contributed by atoms with Gasteiger partial charge in [0.1, 0.15) is 17.5 Å². The van der Waals surface area contributed by atoms with Crippen LogP contribution in [0.1, 0.15) is 49.9 Å². The average Bonchev–Trinajstić information content (AvgIpc) is 2.84. The summed E-state index contributed by atoms with van der Waals surface area (Å²) in [5, 5.41) is 27.1.